The van der Waals surface area contributed by atoms with E-state index in [1.807, 2.05) is 41.0 Å². The van der Waals surface area contributed by atoms with Crippen LogP contribution in [-0.2, 0) is 4.79 Å². The van der Waals surface area contributed by atoms with Gasteiger partial charge in [-0.2, -0.15) is 0 Å². The number of rotatable bonds is 2. The minimum absolute atomic E-state index is 0.340. The number of pyridine rings is 1. The van der Waals surface area contributed by atoms with Crippen molar-refractivity contribution < 1.29 is 9.59 Å². The second kappa shape index (κ2) is 5.36. The van der Waals surface area contributed by atoms with Crippen molar-refractivity contribution in [1.82, 2.24) is 19.9 Å². The fraction of sp³-hybridized carbons (Fsp3) is 0. The Kier molecular flexibility index (Phi) is 3.20. The average Bonchev–Trinajstić information content (AvgIpc) is 3.11. The zero-order chi connectivity index (χ0) is 15.8. The Hall–Kier alpha value is -2.93. The van der Waals surface area contributed by atoms with Gasteiger partial charge in [0.05, 0.1) is 10.6 Å². The van der Waals surface area contributed by atoms with Gasteiger partial charge in [0.25, 0.3) is 11.1 Å². The summed E-state index contributed by atoms with van der Waals surface area (Å²) in [6.45, 7) is 0. The van der Waals surface area contributed by atoms with Gasteiger partial charge >= 0.3 is 0 Å². The topological polar surface area (TPSA) is 76.9 Å². The van der Waals surface area contributed by atoms with Gasteiger partial charge in [-0.05, 0) is 42.1 Å². The molecule has 23 heavy (non-hydrogen) atoms. The van der Waals surface area contributed by atoms with Crippen LogP contribution in [0, 0.1) is 0 Å². The normalized spacial score (nSPS) is 16.3. The van der Waals surface area contributed by atoms with E-state index in [-0.39, 0.29) is 5.24 Å². The lowest BCUT2D eigenvalue weighted by Gasteiger charge is -2.03. The number of para-hydroxylation sites is 1. The van der Waals surface area contributed by atoms with Gasteiger partial charge in [0.2, 0.25) is 0 Å². The number of aromatic nitrogens is 3. The molecule has 0 atom stereocenters. The largest absolute Gasteiger partial charge is 0.290 e. The van der Waals surface area contributed by atoms with Gasteiger partial charge in [-0.1, -0.05) is 18.2 Å². The van der Waals surface area contributed by atoms with Crippen LogP contribution in [0.1, 0.15) is 5.69 Å². The van der Waals surface area contributed by atoms with E-state index in [0.717, 1.165) is 23.0 Å². The molecule has 1 saturated heterocycles. The lowest BCUT2D eigenvalue weighted by atomic mass is 10.3. The van der Waals surface area contributed by atoms with Crippen molar-refractivity contribution in [3.05, 3.63) is 59.4 Å². The molecule has 112 valence electrons. The average molecular weight is 322 g/mol. The zero-order valence-corrected chi connectivity index (χ0v) is 12.6. The van der Waals surface area contributed by atoms with E-state index >= 15 is 0 Å². The van der Waals surface area contributed by atoms with Crippen LogP contribution < -0.4 is 5.32 Å². The molecule has 0 bridgehead atoms. The molecule has 1 aromatic carbocycles. The smallest absolute Gasteiger partial charge is 0.283 e. The lowest BCUT2D eigenvalue weighted by Crippen LogP contribution is -2.17. The van der Waals surface area contributed by atoms with Crippen molar-refractivity contribution in [3.63, 3.8) is 0 Å². The van der Waals surface area contributed by atoms with Gasteiger partial charge in [-0.3, -0.25) is 19.5 Å². The molecule has 0 radical (unpaired) electrons. The van der Waals surface area contributed by atoms with Crippen molar-refractivity contribution >= 4 is 40.1 Å². The van der Waals surface area contributed by atoms with E-state index in [1.54, 1.807) is 18.5 Å². The highest BCUT2D eigenvalue weighted by molar-refractivity contribution is 8.18. The summed E-state index contributed by atoms with van der Waals surface area (Å²) < 4.78 is 1.88. The maximum absolute atomic E-state index is 11.6. The predicted octanol–water partition coefficient (Wildman–Crippen LogP) is 2.74. The van der Waals surface area contributed by atoms with Crippen molar-refractivity contribution in [2.24, 2.45) is 0 Å². The number of fused-ring (bicyclic) bond motifs is 1. The highest BCUT2D eigenvalue weighted by Crippen LogP contribution is 2.25. The molecule has 2 aromatic heterocycles. The zero-order valence-electron chi connectivity index (χ0n) is 11.8. The fourth-order valence-corrected chi connectivity index (χ4v) is 2.99. The summed E-state index contributed by atoms with van der Waals surface area (Å²) in [4.78, 5) is 32.1. The Morgan fingerprint density at radius 3 is 2.65 bits per heavy atom. The third-order valence-electron chi connectivity index (χ3n) is 3.37. The predicted molar refractivity (Wildman–Crippen MR) is 88.0 cm³/mol. The number of imide groups is 1. The monoisotopic (exact) mass is 322 g/mol. The van der Waals surface area contributed by atoms with Gasteiger partial charge in [0, 0.05) is 5.69 Å². The molecular weight excluding hydrogens is 312 g/mol. The molecule has 0 aliphatic carbocycles. The number of benzene rings is 1. The van der Waals surface area contributed by atoms with E-state index in [1.165, 1.54) is 0 Å². The Balaban J connectivity index is 1.80. The van der Waals surface area contributed by atoms with Crippen molar-refractivity contribution in [2.45, 2.75) is 0 Å². The Morgan fingerprint density at radius 1 is 1.09 bits per heavy atom. The second-order valence-electron chi connectivity index (χ2n) is 4.88. The standard InChI is InChI=1S/C16H10N4O2S/c21-15-13(23-16(22)19-15)8-10-6-7-12-14(18-10)20(9-17-12)11-4-2-1-3-5-11/h1-9H,(H,19,21,22)/b13-8-. The second-order valence-corrected chi connectivity index (χ2v) is 5.90. The van der Waals surface area contributed by atoms with Crippen molar-refractivity contribution in [2.75, 3.05) is 0 Å². The van der Waals surface area contributed by atoms with Crippen molar-refractivity contribution in [3.8, 4) is 5.69 Å². The van der Waals surface area contributed by atoms with Crippen LogP contribution in [0.5, 0.6) is 0 Å². The molecule has 1 aliphatic heterocycles. The molecule has 0 unspecified atom stereocenters. The van der Waals surface area contributed by atoms with Crippen LogP contribution in [0.3, 0.4) is 0 Å². The van der Waals surface area contributed by atoms with Crippen LogP contribution in [0.4, 0.5) is 4.79 Å². The molecule has 1 fully saturated rings. The molecule has 3 aromatic rings. The van der Waals surface area contributed by atoms with E-state index in [2.05, 4.69) is 15.3 Å². The Bertz CT molecular complexity index is 963. The fourth-order valence-electron chi connectivity index (χ4n) is 2.32. The molecule has 4 rings (SSSR count). The minimum atomic E-state index is -0.390. The number of nitrogens with one attached hydrogen (secondary N) is 1. The van der Waals surface area contributed by atoms with E-state index < -0.39 is 5.91 Å². The summed E-state index contributed by atoms with van der Waals surface area (Å²) in [5.74, 6) is -0.390. The first-order valence-corrected chi connectivity index (χ1v) is 7.67. The number of nitrogens with zero attached hydrogens (tertiary/aromatic N) is 3. The summed E-state index contributed by atoms with van der Waals surface area (Å²) in [6, 6.07) is 13.4. The number of hydrogen-bond acceptors (Lipinski definition) is 5. The third-order valence-corrected chi connectivity index (χ3v) is 4.18. The molecule has 0 saturated carbocycles. The van der Waals surface area contributed by atoms with Crippen LogP contribution in [-0.4, -0.2) is 25.7 Å². The number of thioether (sulfide) groups is 1. The Labute approximate surface area is 135 Å². The van der Waals surface area contributed by atoms with Gasteiger partial charge in [-0.25, -0.2) is 9.97 Å². The molecule has 6 nitrogen and oxygen atoms in total. The van der Waals surface area contributed by atoms with Gasteiger partial charge in [-0.15, -0.1) is 0 Å². The number of hydrogen-bond donors (Lipinski definition) is 1. The Morgan fingerprint density at radius 2 is 1.91 bits per heavy atom. The van der Waals surface area contributed by atoms with E-state index in [4.69, 9.17) is 0 Å². The molecule has 1 N–H and O–H groups in total. The molecule has 2 amide bonds. The maximum atomic E-state index is 11.6. The lowest BCUT2D eigenvalue weighted by molar-refractivity contribution is -0.115. The van der Waals surface area contributed by atoms with Crippen LogP contribution in [0.15, 0.2) is 53.7 Å². The molecule has 7 heteroatoms. The SMILES string of the molecule is O=C1NC(=O)/C(=C/c2ccc3ncn(-c4ccccc4)c3n2)S1. The highest BCUT2D eigenvalue weighted by atomic mass is 32.2. The van der Waals surface area contributed by atoms with Gasteiger partial charge < -0.3 is 0 Å². The molecule has 3 heterocycles. The third kappa shape index (κ3) is 2.51. The number of imidazole rings is 1. The summed E-state index contributed by atoms with van der Waals surface area (Å²) in [6.07, 6.45) is 3.32. The van der Waals surface area contributed by atoms with Crippen LogP contribution >= 0.6 is 11.8 Å². The molecule has 0 spiro atoms. The number of amides is 2. The van der Waals surface area contributed by atoms with Crippen LogP contribution in [0.2, 0.25) is 0 Å². The van der Waals surface area contributed by atoms with E-state index in [9.17, 15) is 9.59 Å². The maximum Gasteiger partial charge on any atom is 0.290 e. The quantitative estimate of drug-likeness (QED) is 0.734. The summed E-state index contributed by atoms with van der Waals surface area (Å²) in [7, 11) is 0. The van der Waals surface area contributed by atoms with Gasteiger partial charge in [0.1, 0.15) is 11.8 Å². The highest BCUT2D eigenvalue weighted by Gasteiger charge is 2.25. The van der Waals surface area contributed by atoms with E-state index in [0.29, 0.717) is 16.2 Å². The van der Waals surface area contributed by atoms with Crippen LogP contribution in [0.25, 0.3) is 22.9 Å². The molecule has 1 aliphatic rings. The number of carbonyl (C=O) groups is 2. The summed E-state index contributed by atoms with van der Waals surface area (Å²) in [5, 5.41) is 1.86. The summed E-state index contributed by atoms with van der Waals surface area (Å²) >= 11 is 0.876. The first-order valence-electron chi connectivity index (χ1n) is 6.85. The van der Waals surface area contributed by atoms with Gasteiger partial charge in [0.15, 0.2) is 5.65 Å². The summed E-state index contributed by atoms with van der Waals surface area (Å²) in [5.41, 5.74) is 3.01. The first-order chi connectivity index (χ1) is 11.2. The first kappa shape index (κ1) is 13.7. The van der Waals surface area contributed by atoms with Crippen molar-refractivity contribution in [1.29, 1.82) is 0 Å². The molecular formula is C16H10N4O2S. The number of carbonyl (C=O) groups excluding carboxylic acids is 2. The minimum Gasteiger partial charge on any atom is -0.283 e.